The summed E-state index contributed by atoms with van der Waals surface area (Å²) >= 11 is 0. The SMILES string of the molecule is NC1C2CCOC2C1NS(=O)(=O)Cc1ccc(F)cc1. The monoisotopic (exact) mass is 300 g/mol. The van der Waals surface area contributed by atoms with Crippen LogP contribution in [0.5, 0.6) is 0 Å². The number of hydrogen-bond acceptors (Lipinski definition) is 4. The van der Waals surface area contributed by atoms with Crippen LogP contribution in [-0.2, 0) is 20.5 Å². The highest BCUT2D eigenvalue weighted by Gasteiger charge is 2.53. The van der Waals surface area contributed by atoms with E-state index in [0.717, 1.165) is 6.42 Å². The largest absolute Gasteiger partial charge is 0.376 e. The maximum Gasteiger partial charge on any atom is 0.216 e. The molecule has 3 rings (SSSR count). The Kier molecular flexibility index (Phi) is 3.53. The molecule has 1 aromatic rings. The quantitative estimate of drug-likeness (QED) is 0.841. The Morgan fingerprint density at radius 3 is 2.75 bits per heavy atom. The van der Waals surface area contributed by atoms with E-state index in [2.05, 4.69) is 4.72 Å². The molecule has 1 aliphatic heterocycles. The van der Waals surface area contributed by atoms with Crippen molar-refractivity contribution >= 4 is 10.0 Å². The fourth-order valence-electron chi connectivity index (χ4n) is 2.94. The van der Waals surface area contributed by atoms with Gasteiger partial charge in [0.2, 0.25) is 10.0 Å². The molecule has 0 spiro atoms. The molecule has 1 aromatic carbocycles. The highest BCUT2D eigenvalue weighted by molar-refractivity contribution is 7.88. The topological polar surface area (TPSA) is 81.4 Å². The van der Waals surface area contributed by atoms with Gasteiger partial charge >= 0.3 is 0 Å². The van der Waals surface area contributed by atoms with Crippen LogP contribution in [0.3, 0.4) is 0 Å². The Hall–Kier alpha value is -1.02. The molecule has 0 bridgehead atoms. The Balaban J connectivity index is 1.65. The molecular formula is C13H17FN2O3S. The minimum atomic E-state index is -3.51. The van der Waals surface area contributed by atoms with Gasteiger partial charge < -0.3 is 10.5 Å². The summed E-state index contributed by atoms with van der Waals surface area (Å²) in [6, 6.07) is 4.87. The lowest BCUT2D eigenvalue weighted by molar-refractivity contribution is -0.00925. The molecule has 3 N–H and O–H groups in total. The van der Waals surface area contributed by atoms with Gasteiger partial charge in [-0.1, -0.05) is 12.1 Å². The number of hydrogen-bond donors (Lipinski definition) is 2. The van der Waals surface area contributed by atoms with E-state index < -0.39 is 10.0 Å². The number of rotatable bonds is 4. The lowest BCUT2D eigenvalue weighted by Crippen LogP contribution is -2.68. The summed E-state index contributed by atoms with van der Waals surface area (Å²) in [5.41, 5.74) is 6.51. The van der Waals surface area contributed by atoms with Crippen molar-refractivity contribution in [3.05, 3.63) is 35.6 Å². The predicted molar refractivity (Wildman–Crippen MR) is 71.8 cm³/mol. The lowest BCUT2D eigenvalue weighted by atomic mass is 9.73. The first-order valence-corrected chi connectivity index (χ1v) is 8.23. The number of halogens is 1. The van der Waals surface area contributed by atoms with E-state index >= 15 is 0 Å². The molecule has 0 radical (unpaired) electrons. The number of nitrogens with two attached hydrogens (primary N) is 1. The molecule has 4 atom stereocenters. The average Bonchev–Trinajstić information content (AvgIpc) is 2.84. The van der Waals surface area contributed by atoms with E-state index in [9.17, 15) is 12.8 Å². The standard InChI is InChI=1S/C13H17FN2O3S/c14-9-3-1-8(2-4-9)7-20(17,18)16-12-11(15)10-5-6-19-13(10)12/h1-4,10-13,16H,5-7,15H2. The first kappa shape index (κ1) is 13.9. The van der Waals surface area contributed by atoms with Crippen LogP contribution in [0.25, 0.3) is 0 Å². The van der Waals surface area contributed by atoms with Crippen molar-refractivity contribution in [1.82, 2.24) is 4.72 Å². The van der Waals surface area contributed by atoms with Gasteiger partial charge in [-0.25, -0.2) is 17.5 Å². The molecule has 5 nitrogen and oxygen atoms in total. The molecule has 1 saturated heterocycles. The zero-order valence-electron chi connectivity index (χ0n) is 10.8. The van der Waals surface area contributed by atoms with Gasteiger partial charge in [0.25, 0.3) is 0 Å². The third kappa shape index (κ3) is 2.58. The highest BCUT2D eigenvalue weighted by atomic mass is 32.2. The third-order valence-corrected chi connectivity index (χ3v) is 5.38. The summed E-state index contributed by atoms with van der Waals surface area (Å²) in [4.78, 5) is 0. The predicted octanol–water partition coefficient (Wildman–Crippen LogP) is 0.360. The maximum absolute atomic E-state index is 12.8. The van der Waals surface area contributed by atoms with E-state index in [1.165, 1.54) is 24.3 Å². The van der Waals surface area contributed by atoms with Gasteiger partial charge in [-0.15, -0.1) is 0 Å². The zero-order valence-corrected chi connectivity index (χ0v) is 11.6. The Morgan fingerprint density at radius 1 is 1.35 bits per heavy atom. The van der Waals surface area contributed by atoms with Crippen LogP contribution in [0.4, 0.5) is 4.39 Å². The van der Waals surface area contributed by atoms with Gasteiger partial charge in [0.05, 0.1) is 17.9 Å². The van der Waals surface area contributed by atoms with Crippen LogP contribution < -0.4 is 10.5 Å². The molecule has 7 heteroatoms. The van der Waals surface area contributed by atoms with Crippen LogP contribution in [0.1, 0.15) is 12.0 Å². The van der Waals surface area contributed by atoms with Gasteiger partial charge in [-0.05, 0) is 24.1 Å². The second kappa shape index (κ2) is 5.07. The van der Waals surface area contributed by atoms with Gasteiger partial charge in [0, 0.05) is 18.6 Å². The summed E-state index contributed by atoms with van der Waals surface area (Å²) in [6.07, 6.45) is 0.787. The van der Waals surface area contributed by atoms with Crippen molar-refractivity contribution in [2.45, 2.75) is 30.4 Å². The van der Waals surface area contributed by atoms with Crippen LogP contribution in [-0.4, -0.2) is 33.2 Å². The summed E-state index contributed by atoms with van der Waals surface area (Å²) in [6.45, 7) is 0.638. The average molecular weight is 300 g/mol. The molecule has 1 saturated carbocycles. The molecule has 2 fully saturated rings. The first-order chi connectivity index (χ1) is 9.46. The molecule has 20 heavy (non-hydrogen) atoms. The van der Waals surface area contributed by atoms with Crippen molar-refractivity contribution in [3.63, 3.8) is 0 Å². The number of benzene rings is 1. The van der Waals surface area contributed by atoms with Crippen LogP contribution >= 0.6 is 0 Å². The van der Waals surface area contributed by atoms with E-state index in [4.69, 9.17) is 10.5 Å². The Bertz CT molecular complexity index is 590. The van der Waals surface area contributed by atoms with E-state index in [0.29, 0.717) is 12.2 Å². The number of sulfonamides is 1. The molecule has 110 valence electrons. The fraction of sp³-hybridized carbons (Fsp3) is 0.538. The van der Waals surface area contributed by atoms with E-state index in [-0.39, 0.29) is 35.7 Å². The van der Waals surface area contributed by atoms with Crippen molar-refractivity contribution in [2.24, 2.45) is 11.7 Å². The van der Waals surface area contributed by atoms with Crippen molar-refractivity contribution in [3.8, 4) is 0 Å². The second-order valence-corrected chi connectivity index (χ2v) is 7.15. The Labute approximate surface area is 117 Å². The minimum Gasteiger partial charge on any atom is -0.376 e. The molecule has 1 heterocycles. The molecule has 4 unspecified atom stereocenters. The Morgan fingerprint density at radius 2 is 2.05 bits per heavy atom. The highest BCUT2D eigenvalue weighted by Crippen LogP contribution is 2.38. The van der Waals surface area contributed by atoms with Gasteiger partial charge in [0.15, 0.2) is 0 Å². The summed E-state index contributed by atoms with van der Waals surface area (Å²) < 4.78 is 45.1. The summed E-state index contributed by atoms with van der Waals surface area (Å²) in [7, 11) is -3.51. The number of fused-ring (bicyclic) bond motifs is 1. The molecule has 0 aromatic heterocycles. The summed E-state index contributed by atoms with van der Waals surface area (Å²) in [5, 5.41) is 0. The van der Waals surface area contributed by atoms with Crippen LogP contribution in [0.2, 0.25) is 0 Å². The van der Waals surface area contributed by atoms with Crippen molar-refractivity contribution in [2.75, 3.05) is 6.61 Å². The second-order valence-electron chi connectivity index (χ2n) is 5.39. The van der Waals surface area contributed by atoms with E-state index in [1.54, 1.807) is 0 Å². The molecule has 0 amide bonds. The van der Waals surface area contributed by atoms with E-state index in [1.807, 2.05) is 0 Å². The minimum absolute atomic E-state index is 0.104. The molecule has 2 aliphatic rings. The molecule has 1 aliphatic carbocycles. The van der Waals surface area contributed by atoms with Gasteiger partial charge in [-0.2, -0.15) is 0 Å². The smallest absolute Gasteiger partial charge is 0.216 e. The van der Waals surface area contributed by atoms with Gasteiger partial charge in [-0.3, -0.25) is 0 Å². The van der Waals surface area contributed by atoms with Crippen molar-refractivity contribution < 1.29 is 17.5 Å². The van der Waals surface area contributed by atoms with Crippen LogP contribution in [0, 0.1) is 11.7 Å². The molecular weight excluding hydrogens is 283 g/mol. The third-order valence-electron chi connectivity index (χ3n) is 4.03. The number of nitrogens with one attached hydrogen (secondary N) is 1. The maximum atomic E-state index is 12.8. The van der Waals surface area contributed by atoms with Crippen LogP contribution in [0.15, 0.2) is 24.3 Å². The van der Waals surface area contributed by atoms with Crippen molar-refractivity contribution in [1.29, 1.82) is 0 Å². The number of ether oxygens (including phenoxy) is 1. The summed E-state index contributed by atoms with van der Waals surface area (Å²) in [5.74, 6) is -0.315. The first-order valence-electron chi connectivity index (χ1n) is 6.58. The zero-order chi connectivity index (χ0) is 14.3. The fourth-order valence-corrected chi connectivity index (χ4v) is 4.36. The normalized spacial score (nSPS) is 32.7. The van der Waals surface area contributed by atoms with Gasteiger partial charge in [0.1, 0.15) is 5.82 Å². The lowest BCUT2D eigenvalue weighted by Gasteiger charge is -2.45.